The molecule has 0 aliphatic rings. The van der Waals surface area contributed by atoms with E-state index in [1.807, 2.05) is 13.8 Å². The number of ether oxygens (including phenoxy) is 1. The van der Waals surface area contributed by atoms with Crippen LogP contribution in [0.3, 0.4) is 0 Å². The third kappa shape index (κ3) is 8.34. The van der Waals surface area contributed by atoms with Gasteiger partial charge in [0.1, 0.15) is 5.84 Å². The molecule has 0 saturated carbocycles. The van der Waals surface area contributed by atoms with E-state index in [0.29, 0.717) is 5.84 Å². The molecule has 4 nitrogen and oxygen atoms in total. The SMILES string of the molecule is CCCCCCCOCCCC(C)(C)C(N)=NO. The molecule has 0 fully saturated rings. The molecule has 0 aromatic carbocycles. The van der Waals surface area contributed by atoms with Gasteiger partial charge >= 0.3 is 0 Å². The highest BCUT2D eigenvalue weighted by atomic mass is 16.5. The molecular weight excluding hydrogens is 228 g/mol. The van der Waals surface area contributed by atoms with E-state index in [0.717, 1.165) is 32.5 Å². The standard InChI is InChI=1S/C14H30N2O2/c1-4-5-6-7-8-11-18-12-9-10-14(2,3)13(15)16-17/h17H,4-12H2,1-3H3,(H2,15,16). The second-order valence-electron chi connectivity index (χ2n) is 5.50. The van der Waals surface area contributed by atoms with Gasteiger partial charge in [0.25, 0.3) is 0 Å². The van der Waals surface area contributed by atoms with E-state index >= 15 is 0 Å². The molecule has 108 valence electrons. The van der Waals surface area contributed by atoms with E-state index in [1.54, 1.807) is 0 Å². The van der Waals surface area contributed by atoms with Gasteiger partial charge in [-0.25, -0.2) is 0 Å². The smallest absolute Gasteiger partial charge is 0.144 e. The van der Waals surface area contributed by atoms with Crippen LogP contribution in [0.4, 0.5) is 0 Å². The first-order valence-electron chi connectivity index (χ1n) is 7.10. The Labute approximate surface area is 112 Å². The van der Waals surface area contributed by atoms with Crippen molar-refractivity contribution in [3.8, 4) is 0 Å². The topological polar surface area (TPSA) is 67.8 Å². The highest BCUT2D eigenvalue weighted by Gasteiger charge is 2.22. The van der Waals surface area contributed by atoms with Gasteiger partial charge in [0.05, 0.1) is 0 Å². The first kappa shape index (κ1) is 17.2. The number of hydrogen-bond donors (Lipinski definition) is 2. The van der Waals surface area contributed by atoms with Gasteiger partial charge in [-0.15, -0.1) is 0 Å². The van der Waals surface area contributed by atoms with Crippen molar-refractivity contribution >= 4 is 5.84 Å². The van der Waals surface area contributed by atoms with Gasteiger partial charge in [-0.2, -0.15) is 0 Å². The molecule has 0 radical (unpaired) electrons. The number of unbranched alkanes of at least 4 members (excludes halogenated alkanes) is 4. The average Bonchev–Trinajstić information content (AvgIpc) is 2.35. The highest BCUT2D eigenvalue weighted by Crippen LogP contribution is 2.22. The van der Waals surface area contributed by atoms with E-state index in [2.05, 4.69) is 12.1 Å². The zero-order valence-electron chi connectivity index (χ0n) is 12.2. The second kappa shape index (κ2) is 10.2. The Morgan fingerprint density at radius 1 is 1.11 bits per heavy atom. The van der Waals surface area contributed by atoms with E-state index in [-0.39, 0.29) is 5.41 Å². The first-order chi connectivity index (χ1) is 8.54. The van der Waals surface area contributed by atoms with Gasteiger partial charge in [0.15, 0.2) is 0 Å². The average molecular weight is 258 g/mol. The van der Waals surface area contributed by atoms with Crippen molar-refractivity contribution < 1.29 is 9.94 Å². The molecule has 0 unspecified atom stereocenters. The fourth-order valence-electron chi connectivity index (χ4n) is 1.79. The van der Waals surface area contributed by atoms with Crippen molar-refractivity contribution in [3.05, 3.63) is 0 Å². The maximum Gasteiger partial charge on any atom is 0.144 e. The molecule has 18 heavy (non-hydrogen) atoms. The Hall–Kier alpha value is -0.770. The summed E-state index contributed by atoms with van der Waals surface area (Å²) in [5.41, 5.74) is 5.37. The van der Waals surface area contributed by atoms with Crippen LogP contribution in [0.5, 0.6) is 0 Å². The van der Waals surface area contributed by atoms with Crippen LogP contribution >= 0.6 is 0 Å². The van der Waals surface area contributed by atoms with Gasteiger partial charge in [-0.1, -0.05) is 51.6 Å². The monoisotopic (exact) mass is 258 g/mol. The summed E-state index contributed by atoms with van der Waals surface area (Å²) in [7, 11) is 0. The zero-order valence-corrected chi connectivity index (χ0v) is 12.2. The van der Waals surface area contributed by atoms with E-state index < -0.39 is 0 Å². The molecular formula is C14H30N2O2. The number of amidine groups is 1. The van der Waals surface area contributed by atoms with E-state index in [1.165, 1.54) is 25.7 Å². The number of hydrogen-bond acceptors (Lipinski definition) is 3. The molecule has 0 rings (SSSR count). The largest absolute Gasteiger partial charge is 0.409 e. The second-order valence-corrected chi connectivity index (χ2v) is 5.50. The van der Waals surface area contributed by atoms with Crippen molar-refractivity contribution in [1.29, 1.82) is 0 Å². The minimum absolute atomic E-state index is 0.251. The van der Waals surface area contributed by atoms with E-state index in [9.17, 15) is 0 Å². The highest BCUT2D eigenvalue weighted by molar-refractivity contribution is 5.85. The van der Waals surface area contributed by atoms with Crippen LogP contribution in [0.15, 0.2) is 5.16 Å². The number of rotatable bonds is 11. The fourth-order valence-corrected chi connectivity index (χ4v) is 1.79. The minimum atomic E-state index is -0.251. The molecule has 0 amide bonds. The quantitative estimate of drug-likeness (QED) is 0.196. The Morgan fingerprint density at radius 2 is 1.72 bits per heavy atom. The molecule has 0 spiro atoms. The molecule has 0 aromatic rings. The first-order valence-corrected chi connectivity index (χ1v) is 7.10. The molecule has 0 aromatic heterocycles. The maximum atomic E-state index is 8.65. The molecule has 0 atom stereocenters. The summed E-state index contributed by atoms with van der Waals surface area (Å²) in [6.07, 6.45) is 8.16. The zero-order chi connectivity index (χ0) is 13.9. The van der Waals surface area contributed by atoms with Crippen molar-refractivity contribution in [2.75, 3.05) is 13.2 Å². The molecule has 0 heterocycles. The summed E-state index contributed by atoms with van der Waals surface area (Å²) in [5, 5.41) is 11.7. The van der Waals surface area contributed by atoms with Gasteiger partial charge in [-0.05, 0) is 19.3 Å². The van der Waals surface area contributed by atoms with Crippen molar-refractivity contribution in [1.82, 2.24) is 0 Å². The Kier molecular flexibility index (Phi) is 9.74. The third-order valence-corrected chi connectivity index (χ3v) is 3.28. The Morgan fingerprint density at radius 3 is 2.33 bits per heavy atom. The summed E-state index contributed by atoms with van der Waals surface area (Å²) in [5.74, 6) is 0.294. The van der Waals surface area contributed by atoms with Crippen LogP contribution in [0, 0.1) is 5.41 Å². The lowest BCUT2D eigenvalue weighted by atomic mass is 9.87. The number of oxime groups is 1. The van der Waals surface area contributed by atoms with Crippen LogP contribution in [-0.2, 0) is 4.74 Å². The van der Waals surface area contributed by atoms with Crippen LogP contribution in [0.1, 0.15) is 65.7 Å². The predicted octanol–water partition coefficient (Wildman–Crippen LogP) is 3.53. The molecule has 0 saturated heterocycles. The van der Waals surface area contributed by atoms with Crippen molar-refractivity contribution in [3.63, 3.8) is 0 Å². The fraction of sp³-hybridized carbons (Fsp3) is 0.929. The lowest BCUT2D eigenvalue weighted by Gasteiger charge is -2.22. The van der Waals surface area contributed by atoms with Gasteiger partial charge < -0.3 is 15.7 Å². The molecule has 4 heteroatoms. The van der Waals surface area contributed by atoms with Crippen molar-refractivity contribution in [2.45, 2.75) is 65.7 Å². The number of nitrogens with zero attached hydrogens (tertiary/aromatic N) is 1. The van der Waals surface area contributed by atoms with Crippen LogP contribution in [0.25, 0.3) is 0 Å². The van der Waals surface area contributed by atoms with Crippen molar-refractivity contribution in [2.24, 2.45) is 16.3 Å². The van der Waals surface area contributed by atoms with Crippen LogP contribution in [-0.4, -0.2) is 24.3 Å². The summed E-state index contributed by atoms with van der Waals surface area (Å²) < 4.78 is 5.58. The lowest BCUT2D eigenvalue weighted by Crippen LogP contribution is -2.32. The maximum absolute atomic E-state index is 8.65. The molecule has 0 aliphatic heterocycles. The molecule has 0 aliphatic carbocycles. The molecule has 3 N–H and O–H groups in total. The lowest BCUT2D eigenvalue weighted by molar-refractivity contribution is 0.121. The van der Waals surface area contributed by atoms with Gasteiger partial charge in [-0.3, -0.25) is 0 Å². The summed E-state index contributed by atoms with van der Waals surface area (Å²) >= 11 is 0. The van der Waals surface area contributed by atoms with Crippen LogP contribution < -0.4 is 5.73 Å². The third-order valence-electron chi connectivity index (χ3n) is 3.28. The predicted molar refractivity (Wildman–Crippen MR) is 76.0 cm³/mol. The summed E-state index contributed by atoms with van der Waals surface area (Å²) in [4.78, 5) is 0. The van der Waals surface area contributed by atoms with Gasteiger partial charge in [0, 0.05) is 18.6 Å². The van der Waals surface area contributed by atoms with Crippen LogP contribution in [0.2, 0.25) is 0 Å². The minimum Gasteiger partial charge on any atom is -0.409 e. The number of nitrogens with two attached hydrogens (primary N) is 1. The molecule has 0 bridgehead atoms. The normalized spacial score (nSPS) is 12.9. The summed E-state index contributed by atoms with van der Waals surface area (Å²) in [6.45, 7) is 7.79. The van der Waals surface area contributed by atoms with E-state index in [4.69, 9.17) is 15.7 Å². The Balaban J connectivity index is 3.40. The summed E-state index contributed by atoms with van der Waals surface area (Å²) in [6, 6.07) is 0. The van der Waals surface area contributed by atoms with Gasteiger partial charge in [0.2, 0.25) is 0 Å². The Bertz CT molecular complexity index is 228.